The first-order chi connectivity index (χ1) is 11.5. The fraction of sp³-hybridized carbons (Fsp3) is 0.353. The molecule has 0 saturated carbocycles. The zero-order valence-electron chi connectivity index (χ0n) is 14.1. The van der Waals surface area contributed by atoms with E-state index >= 15 is 0 Å². The molecule has 0 atom stereocenters. The fourth-order valence-corrected chi connectivity index (χ4v) is 2.52. The van der Waals surface area contributed by atoms with Crippen LogP contribution >= 0.6 is 15.9 Å². The summed E-state index contributed by atoms with van der Waals surface area (Å²) >= 11 is 3.42. The van der Waals surface area contributed by atoms with Gasteiger partial charge in [-0.05, 0) is 62.0 Å². The largest absolute Gasteiger partial charge is 0.370 e. The van der Waals surface area contributed by atoms with Gasteiger partial charge >= 0.3 is 0 Å². The number of benzene rings is 1. The van der Waals surface area contributed by atoms with Crippen molar-refractivity contribution in [2.75, 3.05) is 37.8 Å². The van der Waals surface area contributed by atoms with Crippen molar-refractivity contribution >= 4 is 33.3 Å². The van der Waals surface area contributed by atoms with E-state index in [1.807, 2.05) is 38.4 Å². The molecule has 2 aromatic rings. The number of rotatable bonds is 7. The second-order valence-corrected chi connectivity index (χ2v) is 6.56. The van der Waals surface area contributed by atoms with Gasteiger partial charge in [-0.1, -0.05) is 12.1 Å². The third-order valence-electron chi connectivity index (χ3n) is 3.28. The Morgan fingerprint density at radius 3 is 2.71 bits per heavy atom. The Labute approximate surface area is 150 Å². The Morgan fingerprint density at radius 2 is 2.00 bits per heavy atom. The summed E-state index contributed by atoms with van der Waals surface area (Å²) < 4.78 is 0.825. The molecule has 7 heteroatoms. The van der Waals surface area contributed by atoms with Crippen molar-refractivity contribution in [3.8, 4) is 0 Å². The molecule has 1 heterocycles. The molecule has 1 aromatic carbocycles. The van der Waals surface area contributed by atoms with Crippen LogP contribution in [0.5, 0.6) is 0 Å². The highest BCUT2D eigenvalue weighted by Crippen LogP contribution is 2.21. The van der Waals surface area contributed by atoms with E-state index in [0.29, 0.717) is 23.0 Å². The quantitative estimate of drug-likeness (QED) is 0.709. The van der Waals surface area contributed by atoms with Crippen LogP contribution in [0.25, 0.3) is 0 Å². The normalized spacial score (nSPS) is 10.7. The van der Waals surface area contributed by atoms with Crippen LogP contribution in [0.4, 0.5) is 11.5 Å². The average Bonchev–Trinajstić information content (AvgIpc) is 2.53. The van der Waals surface area contributed by atoms with E-state index in [0.717, 1.165) is 24.0 Å². The second kappa shape index (κ2) is 8.75. The Balaban J connectivity index is 2.04. The number of aryl methyl sites for hydroxylation is 1. The lowest BCUT2D eigenvalue weighted by molar-refractivity contribution is 0.102. The van der Waals surface area contributed by atoms with Crippen LogP contribution < -0.4 is 10.6 Å². The summed E-state index contributed by atoms with van der Waals surface area (Å²) in [5.74, 6) is 0.965. The van der Waals surface area contributed by atoms with Gasteiger partial charge in [-0.2, -0.15) is 0 Å². The van der Waals surface area contributed by atoms with E-state index in [4.69, 9.17) is 0 Å². The minimum absolute atomic E-state index is 0.260. The molecular weight excluding hydrogens is 370 g/mol. The van der Waals surface area contributed by atoms with Gasteiger partial charge in [-0.15, -0.1) is 0 Å². The molecule has 0 aliphatic carbocycles. The maximum atomic E-state index is 12.4. The molecule has 1 aromatic heterocycles. The van der Waals surface area contributed by atoms with Crippen LogP contribution in [-0.2, 0) is 0 Å². The van der Waals surface area contributed by atoms with E-state index in [9.17, 15) is 4.79 Å². The Bertz CT molecular complexity index is 705. The van der Waals surface area contributed by atoms with Crippen LogP contribution in [0.3, 0.4) is 0 Å². The predicted octanol–water partition coefficient (Wildman–Crippen LogP) is 3.16. The van der Waals surface area contributed by atoms with Gasteiger partial charge in [0.25, 0.3) is 5.91 Å². The number of nitrogens with one attached hydrogen (secondary N) is 2. The minimum Gasteiger partial charge on any atom is -0.370 e. The van der Waals surface area contributed by atoms with E-state index in [-0.39, 0.29) is 5.91 Å². The number of para-hydroxylation sites is 1. The highest BCUT2D eigenvalue weighted by atomic mass is 79.9. The van der Waals surface area contributed by atoms with Crippen molar-refractivity contribution in [3.05, 3.63) is 46.3 Å². The number of anilines is 2. The van der Waals surface area contributed by atoms with E-state index in [1.165, 1.54) is 0 Å². The van der Waals surface area contributed by atoms with Crippen molar-refractivity contribution in [2.45, 2.75) is 13.3 Å². The molecule has 0 unspecified atom stereocenters. The van der Waals surface area contributed by atoms with Gasteiger partial charge in [-0.25, -0.2) is 9.97 Å². The van der Waals surface area contributed by atoms with Crippen molar-refractivity contribution in [1.29, 1.82) is 0 Å². The maximum absolute atomic E-state index is 12.4. The van der Waals surface area contributed by atoms with Gasteiger partial charge < -0.3 is 15.5 Å². The number of hydrogen-bond acceptors (Lipinski definition) is 5. The molecule has 0 aliphatic rings. The molecule has 0 radical (unpaired) electrons. The van der Waals surface area contributed by atoms with Crippen LogP contribution in [0.15, 0.2) is 34.8 Å². The number of hydrogen-bond donors (Lipinski definition) is 2. The monoisotopic (exact) mass is 391 g/mol. The highest BCUT2D eigenvalue weighted by Gasteiger charge is 2.12. The third kappa shape index (κ3) is 5.58. The van der Waals surface area contributed by atoms with Crippen LogP contribution in [0.2, 0.25) is 0 Å². The number of aromatic nitrogens is 2. The lowest BCUT2D eigenvalue weighted by Gasteiger charge is -2.11. The molecule has 1 amide bonds. The van der Waals surface area contributed by atoms with Crippen molar-refractivity contribution in [2.24, 2.45) is 0 Å². The molecule has 0 saturated heterocycles. The van der Waals surface area contributed by atoms with Crippen LogP contribution in [-0.4, -0.2) is 48.0 Å². The molecule has 0 fully saturated rings. The fourth-order valence-electron chi connectivity index (χ4n) is 2.14. The molecular formula is C17H22BrN5O. The molecule has 0 aliphatic heterocycles. The third-order valence-corrected chi connectivity index (χ3v) is 3.97. The lowest BCUT2D eigenvalue weighted by Crippen LogP contribution is -2.18. The topological polar surface area (TPSA) is 70.2 Å². The van der Waals surface area contributed by atoms with Gasteiger partial charge in [0.05, 0.1) is 5.69 Å². The first-order valence-corrected chi connectivity index (χ1v) is 8.55. The van der Waals surface area contributed by atoms with E-state index in [2.05, 4.69) is 41.4 Å². The molecule has 0 bridgehead atoms. The summed E-state index contributed by atoms with van der Waals surface area (Å²) in [4.78, 5) is 23.1. The zero-order chi connectivity index (χ0) is 17.5. The zero-order valence-corrected chi connectivity index (χ0v) is 15.7. The highest BCUT2D eigenvalue weighted by molar-refractivity contribution is 9.10. The number of carbonyl (C=O) groups is 1. The smallest absolute Gasteiger partial charge is 0.274 e. The van der Waals surface area contributed by atoms with Crippen LogP contribution in [0.1, 0.15) is 22.7 Å². The molecule has 0 spiro atoms. The van der Waals surface area contributed by atoms with Gasteiger partial charge in [-0.3, -0.25) is 4.79 Å². The second-order valence-electron chi connectivity index (χ2n) is 5.70. The summed E-state index contributed by atoms with van der Waals surface area (Å²) in [5, 5.41) is 6.10. The molecule has 128 valence electrons. The molecule has 2 rings (SSSR count). The minimum atomic E-state index is -0.260. The first kappa shape index (κ1) is 18.4. The van der Waals surface area contributed by atoms with Gasteiger partial charge in [0.15, 0.2) is 0 Å². The summed E-state index contributed by atoms with van der Waals surface area (Å²) in [5.41, 5.74) is 1.05. The number of amides is 1. The molecule has 6 nitrogen and oxygen atoms in total. The van der Waals surface area contributed by atoms with Crippen molar-refractivity contribution in [3.63, 3.8) is 0 Å². The summed E-state index contributed by atoms with van der Waals surface area (Å²) in [6.45, 7) is 3.56. The average molecular weight is 392 g/mol. The molecule has 24 heavy (non-hydrogen) atoms. The van der Waals surface area contributed by atoms with Crippen molar-refractivity contribution < 1.29 is 4.79 Å². The Kier molecular flexibility index (Phi) is 6.69. The van der Waals surface area contributed by atoms with E-state index in [1.54, 1.807) is 13.0 Å². The predicted molar refractivity (Wildman–Crippen MR) is 101 cm³/mol. The van der Waals surface area contributed by atoms with Crippen molar-refractivity contribution in [1.82, 2.24) is 14.9 Å². The Hall–Kier alpha value is -1.99. The summed E-state index contributed by atoms with van der Waals surface area (Å²) in [7, 11) is 4.08. The first-order valence-electron chi connectivity index (χ1n) is 7.76. The van der Waals surface area contributed by atoms with E-state index < -0.39 is 0 Å². The van der Waals surface area contributed by atoms with Gasteiger partial charge in [0, 0.05) is 17.1 Å². The standard InChI is InChI=1S/C17H22BrN5O/c1-12-20-15(11-16(21-12)19-9-6-10-23(2)3)17(24)22-14-8-5-4-7-13(14)18/h4-5,7-8,11H,6,9-10H2,1-3H3,(H,22,24)(H,19,20,21). The molecule has 2 N–H and O–H groups in total. The SMILES string of the molecule is Cc1nc(NCCCN(C)C)cc(C(=O)Nc2ccccc2Br)n1. The lowest BCUT2D eigenvalue weighted by atomic mass is 10.3. The maximum Gasteiger partial charge on any atom is 0.274 e. The number of carbonyl (C=O) groups excluding carboxylic acids is 1. The van der Waals surface area contributed by atoms with Crippen LogP contribution in [0, 0.1) is 6.92 Å². The Morgan fingerprint density at radius 1 is 1.25 bits per heavy atom. The summed E-state index contributed by atoms with van der Waals surface area (Å²) in [6, 6.07) is 9.14. The van der Waals surface area contributed by atoms with Gasteiger partial charge in [0.2, 0.25) is 0 Å². The summed E-state index contributed by atoms with van der Waals surface area (Å²) in [6.07, 6.45) is 0.995. The number of nitrogens with zero attached hydrogens (tertiary/aromatic N) is 3. The number of halogens is 1. The van der Waals surface area contributed by atoms with Gasteiger partial charge in [0.1, 0.15) is 17.3 Å².